The molecule has 0 bridgehead atoms. The normalized spacial score (nSPS) is 15.2. The van der Waals surface area contributed by atoms with Gasteiger partial charge in [0.25, 0.3) is 0 Å². The highest BCUT2D eigenvalue weighted by Gasteiger charge is 2.29. The van der Waals surface area contributed by atoms with Crippen LogP contribution in [0.25, 0.3) is 0 Å². The molecule has 2 aromatic heterocycles. The highest BCUT2D eigenvalue weighted by molar-refractivity contribution is 6.29. The van der Waals surface area contributed by atoms with Gasteiger partial charge in [0.2, 0.25) is 0 Å². The molecule has 0 N–H and O–H groups in total. The molecule has 0 unspecified atom stereocenters. The molecule has 4 nitrogen and oxygen atoms in total. The number of halogens is 1. The number of hydrogen-bond acceptors (Lipinski definition) is 4. The summed E-state index contributed by atoms with van der Waals surface area (Å²) in [6.07, 6.45) is 4.21. The van der Waals surface area contributed by atoms with Crippen LogP contribution in [0.1, 0.15) is 24.3 Å². The number of nitrogens with zero attached hydrogens (tertiary/aromatic N) is 3. The zero-order valence-corrected chi connectivity index (χ0v) is 10.7. The molecule has 3 rings (SSSR count). The summed E-state index contributed by atoms with van der Waals surface area (Å²) in [4.78, 5) is 2.37. The monoisotopic (exact) mass is 263 g/mol. The maximum Gasteiger partial charge on any atom is 0.151 e. The molecule has 2 heterocycles. The quantitative estimate of drug-likeness (QED) is 0.832. The van der Waals surface area contributed by atoms with Gasteiger partial charge in [0, 0.05) is 12.6 Å². The Morgan fingerprint density at radius 3 is 2.72 bits per heavy atom. The predicted octanol–water partition coefficient (Wildman–Crippen LogP) is 2.89. The van der Waals surface area contributed by atoms with E-state index in [1.165, 1.54) is 12.8 Å². The highest BCUT2D eigenvalue weighted by Crippen LogP contribution is 2.29. The van der Waals surface area contributed by atoms with Crippen LogP contribution in [0.15, 0.2) is 34.9 Å². The van der Waals surface area contributed by atoms with Gasteiger partial charge in [-0.25, -0.2) is 0 Å². The Labute approximate surface area is 111 Å². The second kappa shape index (κ2) is 5.08. The summed E-state index contributed by atoms with van der Waals surface area (Å²) in [6.45, 7) is 1.61. The molecule has 1 aliphatic rings. The molecule has 0 aliphatic heterocycles. The van der Waals surface area contributed by atoms with Crippen molar-refractivity contribution in [1.82, 2.24) is 15.1 Å². The van der Waals surface area contributed by atoms with Gasteiger partial charge in [0.05, 0.1) is 18.5 Å². The minimum atomic E-state index is 0.433. The minimum absolute atomic E-state index is 0.433. The van der Waals surface area contributed by atoms with Gasteiger partial charge in [-0.05, 0) is 37.1 Å². The van der Waals surface area contributed by atoms with Gasteiger partial charge in [-0.2, -0.15) is 5.10 Å². The van der Waals surface area contributed by atoms with Gasteiger partial charge >= 0.3 is 0 Å². The summed E-state index contributed by atoms with van der Waals surface area (Å²) in [7, 11) is 0. The summed E-state index contributed by atoms with van der Waals surface area (Å²) in [5.74, 6) is 0.990. The van der Waals surface area contributed by atoms with Crippen LogP contribution in [-0.4, -0.2) is 21.1 Å². The molecule has 5 heteroatoms. The van der Waals surface area contributed by atoms with E-state index >= 15 is 0 Å². The second-order valence-corrected chi connectivity index (χ2v) is 4.95. The van der Waals surface area contributed by atoms with E-state index in [1.54, 1.807) is 12.3 Å². The van der Waals surface area contributed by atoms with Crippen molar-refractivity contribution in [3.63, 3.8) is 0 Å². The fourth-order valence-corrected chi connectivity index (χ4v) is 2.09. The summed E-state index contributed by atoms with van der Waals surface area (Å²) >= 11 is 5.74. The molecule has 94 valence electrons. The van der Waals surface area contributed by atoms with E-state index in [0.29, 0.717) is 11.2 Å². The molecule has 0 radical (unpaired) electrons. The molecule has 18 heavy (non-hydrogen) atoms. The Morgan fingerprint density at radius 2 is 2.11 bits per heavy atom. The first-order chi connectivity index (χ1) is 8.81. The van der Waals surface area contributed by atoms with Crippen LogP contribution in [0.3, 0.4) is 0 Å². The van der Waals surface area contributed by atoms with Crippen molar-refractivity contribution in [3.05, 3.63) is 47.1 Å². The van der Waals surface area contributed by atoms with E-state index in [9.17, 15) is 0 Å². The number of furan rings is 1. The van der Waals surface area contributed by atoms with Gasteiger partial charge < -0.3 is 4.42 Å². The minimum Gasteiger partial charge on any atom is -0.468 e. The Morgan fingerprint density at radius 1 is 1.22 bits per heavy atom. The lowest BCUT2D eigenvalue weighted by molar-refractivity contribution is 0.222. The fourth-order valence-electron chi connectivity index (χ4n) is 1.99. The largest absolute Gasteiger partial charge is 0.468 e. The summed E-state index contributed by atoms with van der Waals surface area (Å²) in [5, 5.41) is 8.41. The van der Waals surface area contributed by atoms with Crippen molar-refractivity contribution in [2.75, 3.05) is 0 Å². The zero-order valence-electron chi connectivity index (χ0n) is 9.92. The second-order valence-electron chi connectivity index (χ2n) is 4.56. The molecule has 1 saturated carbocycles. The van der Waals surface area contributed by atoms with Gasteiger partial charge in [-0.1, -0.05) is 11.6 Å². The molecule has 0 saturated heterocycles. The van der Waals surface area contributed by atoms with Gasteiger partial charge in [0.15, 0.2) is 5.15 Å². The zero-order chi connectivity index (χ0) is 12.4. The van der Waals surface area contributed by atoms with E-state index < -0.39 is 0 Å². The van der Waals surface area contributed by atoms with Gasteiger partial charge in [-0.15, -0.1) is 5.10 Å². The lowest BCUT2D eigenvalue weighted by atomic mass is 10.3. The van der Waals surface area contributed by atoms with Gasteiger partial charge in [-0.3, -0.25) is 4.90 Å². The third kappa shape index (κ3) is 2.89. The van der Waals surface area contributed by atoms with Crippen LogP contribution in [-0.2, 0) is 13.1 Å². The van der Waals surface area contributed by atoms with E-state index in [4.69, 9.17) is 16.0 Å². The van der Waals surface area contributed by atoms with Crippen LogP contribution in [0, 0.1) is 0 Å². The van der Waals surface area contributed by atoms with Crippen LogP contribution in [0.5, 0.6) is 0 Å². The predicted molar refractivity (Wildman–Crippen MR) is 68.0 cm³/mol. The molecule has 0 atom stereocenters. The Balaban J connectivity index is 1.68. The molecule has 2 aromatic rings. The molecule has 1 fully saturated rings. The van der Waals surface area contributed by atoms with Crippen LogP contribution < -0.4 is 0 Å². The maximum atomic E-state index is 5.74. The third-order valence-corrected chi connectivity index (χ3v) is 3.26. The standard InChI is InChI=1S/C13H14ClN3O/c14-13-6-3-10(15-16-13)8-17(11-4-5-11)9-12-2-1-7-18-12/h1-3,6-7,11H,4-5,8-9H2. The summed E-state index contributed by atoms with van der Waals surface area (Å²) in [5.41, 5.74) is 0.942. The number of rotatable bonds is 5. The number of aromatic nitrogens is 2. The Bertz CT molecular complexity index is 493. The van der Waals surface area contributed by atoms with Crippen molar-refractivity contribution in [2.45, 2.75) is 32.0 Å². The van der Waals surface area contributed by atoms with E-state index in [1.807, 2.05) is 18.2 Å². The van der Waals surface area contributed by atoms with E-state index in [-0.39, 0.29) is 0 Å². The highest BCUT2D eigenvalue weighted by atomic mass is 35.5. The first-order valence-corrected chi connectivity index (χ1v) is 6.43. The molecule has 1 aliphatic carbocycles. The lowest BCUT2D eigenvalue weighted by Gasteiger charge is -2.19. The Hall–Kier alpha value is -1.39. The fraction of sp³-hybridized carbons (Fsp3) is 0.385. The average molecular weight is 264 g/mol. The van der Waals surface area contributed by atoms with Crippen molar-refractivity contribution in [2.24, 2.45) is 0 Å². The average Bonchev–Trinajstić information content (AvgIpc) is 3.10. The molecule has 0 spiro atoms. The Kier molecular flexibility index (Phi) is 3.30. The van der Waals surface area contributed by atoms with Crippen molar-refractivity contribution >= 4 is 11.6 Å². The smallest absolute Gasteiger partial charge is 0.151 e. The first-order valence-electron chi connectivity index (χ1n) is 6.06. The SMILES string of the molecule is Clc1ccc(CN(Cc2ccco2)C2CC2)nn1. The van der Waals surface area contributed by atoms with Crippen LogP contribution in [0.2, 0.25) is 5.15 Å². The van der Waals surface area contributed by atoms with Crippen molar-refractivity contribution in [1.29, 1.82) is 0 Å². The molecule has 0 aromatic carbocycles. The van der Waals surface area contributed by atoms with Crippen molar-refractivity contribution < 1.29 is 4.42 Å². The van der Waals surface area contributed by atoms with Crippen LogP contribution >= 0.6 is 11.6 Å². The lowest BCUT2D eigenvalue weighted by Crippen LogP contribution is -2.25. The van der Waals surface area contributed by atoms with Crippen molar-refractivity contribution in [3.8, 4) is 0 Å². The molecular weight excluding hydrogens is 250 g/mol. The van der Waals surface area contributed by atoms with Crippen LogP contribution in [0.4, 0.5) is 0 Å². The van der Waals surface area contributed by atoms with Gasteiger partial charge in [0.1, 0.15) is 5.76 Å². The summed E-state index contributed by atoms with van der Waals surface area (Å²) < 4.78 is 5.40. The molecular formula is C13H14ClN3O. The maximum absolute atomic E-state index is 5.74. The number of hydrogen-bond donors (Lipinski definition) is 0. The first kappa shape index (κ1) is 11.7. The topological polar surface area (TPSA) is 42.2 Å². The van der Waals surface area contributed by atoms with E-state index in [0.717, 1.165) is 24.5 Å². The molecule has 0 amide bonds. The third-order valence-electron chi connectivity index (χ3n) is 3.05. The van der Waals surface area contributed by atoms with E-state index in [2.05, 4.69) is 15.1 Å². The summed E-state index contributed by atoms with van der Waals surface area (Å²) in [6, 6.07) is 8.27.